The van der Waals surface area contributed by atoms with Crippen LogP contribution in [0, 0.1) is 0 Å². The van der Waals surface area contributed by atoms with E-state index in [1.165, 1.54) is 54.6 Å². The Labute approximate surface area is 170 Å². The fourth-order valence-corrected chi connectivity index (χ4v) is 5.89. The predicted molar refractivity (Wildman–Crippen MR) is 114 cm³/mol. The van der Waals surface area contributed by atoms with Crippen LogP contribution in [0.5, 0.6) is 0 Å². The van der Waals surface area contributed by atoms with Gasteiger partial charge < -0.3 is 8.97 Å². The molecule has 5 heteroatoms. The first-order valence-corrected chi connectivity index (χ1v) is 11.0. The summed E-state index contributed by atoms with van der Waals surface area (Å²) < 4.78 is 4.60. The normalized spacial score (nSPS) is 24.7. The van der Waals surface area contributed by atoms with E-state index in [-0.39, 0.29) is 0 Å². The van der Waals surface area contributed by atoms with Gasteiger partial charge in [0.1, 0.15) is 11.5 Å². The second kappa shape index (κ2) is 5.92. The Morgan fingerprint density at radius 3 is 2.69 bits per heavy atom. The molecule has 5 nitrogen and oxygen atoms in total. The van der Waals surface area contributed by atoms with Gasteiger partial charge in [-0.3, -0.25) is 4.90 Å². The topological polar surface area (TPSA) is 38.4 Å². The quantitative estimate of drug-likeness (QED) is 0.518. The van der Waals surface area contributed by atoms with Crippen LogP contribution >= 0.6 is 0 Å². The summed E-state index contributed by atoms with van der Waals surface area (Å²) in [5, 5.41) is 0. The summed E-state index contributed by atoms with van der Waals surface area (Å²) in [5.74, 6) is 1.29. The van der Waals surface area contributed by atoms with Crippen molar-refractivity contribution in [1.82, 2.24) is 23.8 Å². The van der Waals surface area contributed by atoms with Crippen LogP contribution in [0.2, 0.25) is 0 Å². The third kappa shape index (κ3) is 2.37. The molecule has 0 spiro atoms. The van der Waals surface area contributed by atoms with Gasteiger partial charge in [-0.05, 0) is 61.1 Å². The molecule has 146 valence electrons. The van der Waals surface area contributed by atoms with Gasteiger partial charge >= 0.3 is 0 Å². The molecule has 2 atom stereocenters. The van der Waals surface area contributed by atoms with Gasteiger partial charge in [0, 0.05) is 49.7 Å². The molecule has 0 N–H and O–H groups in total. The summed E-state index contributed by atoms with van der Waals surface area (Å²) in [5.41, 5.74) is 5.85. The molecule has 1 saturated heterocycles. The molecule has 1 saturated carbocycles. The lowest BCUT2D eigenvalue weighted by Crippen LogP contribution is -2.48. The molecule has 3 aliphatic rings. The van der Waals surface area contributed by atoms with E-state index in [2.05, 4.69) is 55.4 Å². The van der Waals surface area contributed by atoms with Crippen molar-refractivity contribution in [1.29, 1.82) is 0 Å². The summed E-state index contributed by atoms with van der Waals surface area (Å²) in [4.78, 5) is 12.3. The number of aromatic nitrogens is 4. The van der Waals surface area contributed by atoms with Gasteiger partial charge in [-0.15, -0.1) is 0 Å². The van der Waals surface area contributed by atoms with Crippen molar-refractivity contribution in [2.24, 2.45) is 0 Å². The number of fused-ring (bicyclic) bond motifs is 6. The third-order valence-electron chi connectivity index (χ3n) is 7.53. The maximum atomic E-state index is 5.13. The minimum Gasteiger partial charge on any atom is -0.326 e. The molecule has 2 unspecified atom stereocenters. The summed E-state index contributed by atoms with van der Waals surface area (Å²) in [6.07, 6.45) is 14.0. The molecule has 7 rings (SSSR count). The monoisotopic (exact) mass is 383 g/mol. The van der Waals surface area contributed by atoms with Crippen LogP contribution in [0.1, 0.15) is 37.9 Å². The van der Waals surface area contributed by atoms with E-state index in [0.717, 1.165) is 30.2 Å². The number of benzene rings is 1. The Bertz CT molecular complexity index is 1230. The zero-order valence-corrected chi connectivity index (χ0v) is 16.5. The van der Waals surface area contributed by atoms with E-state index >= 15 is 0 Å². The third-order valence-corrected chi connectivity index (χ3v) is 7.53. The zero-order valence-electron chi connectivity index (χ0n) is 16.5. The highest BCUT2D eigenvalue weighted by molar-refractivity contribution is 5.83. The van der Waals surface area contributed by atoms with Crippen LogP contribution in [0.25, 0.3) is 27.8 Å². The smallest absolute Gasteiger partial charge is 0.136 e. The fourth-order valence-electron chi connectivity index (χ4n) is 5.89. The molecule has 4 aromatic rings. The molecular formula is C24H25N5. The van der Waals surface area contributed by atoms with E-state index < -0.39 is 0 Å². The van der Waals surface area contributed by atoms with E-state index in [0.29, 0.717) is 12.1 Å². The first kappa shape index (κ1) is 16.2. The largest absolute Gasteiger partial charge is 0.326 e. The summed E-state index contributed by atoms with van der Waals surface area (Å²) in [7, 11) is 0. The van der Waals surface area contributed by atoms with Crippen LogP contribution in [0.3, 0.4) is 0 Å². The van der Waals surface area contributed by atoms with Crippen molar-refractivity contribution in [2.45, 2.75) is 63.2 Å². The molecule has 5 heterocycles. The second-order valence-corrected chi connectivity index (χ2v) is 9.07. The van der Waals surface area contributed by atoms with Crippen LogP contribution < -0.4 is 0 Å². The highest BCUT2D eigenvalue weighted by Crippen LogP contribution is 2.39. The predicted octanol–water partition coefficient (Wildman–Crippen LogP) is 4.29. The summed E-state index contributed by atoms with van der Waals surface area (Å²) >= 11 is 0. The van der Waals surface area contributed by atoms with Gasteiger partial charge in [-0.1, -0.05) is 12.5 Å². The van der Waals surface area contributed by atoms with Crippen molar-refractivity contribution in [3.05, 3.63) is 54.7 Å². The number of nitrogens with zero attached hydrogens (tertiary/aromatic N) is 5. The van der Waals surface area contributed by atoms with Crippen molar-refractivity contribution in [2.75, 3.05) is 0 Å². The average molecular weight is 383 g/mol. The number of imidazole rings is 2. The molecule has 3 aromatic heterocycles. The van der Waals surface area contributed by atoms with Gasteiger partial charge in [-0.25, -0.2) is 9.97 Å². The van der Waals surface area contributed by atoms with E-state index in [9.17, 15) is 0 Å². The lowest BCUT2D eigenvalue weighted by Gasteiger charge is -2.41. The SMILES string of the molecule is c1cn2cc(-c3ccc4c(c3)nc3n4CC4CCC(C3)N4C3CCC3)ccc2n1. The Balaban J connectivity index is 1.28. The molecule has 29 heavy (non-hydrogen) atoms. The molecule has 2 fully saturated rings. The van der Waals surface area contributed by atoms with Gasteiger partial charge in [0.15, 0.2) is 0 Å². The fraction of sp³-hybridized carbons (Fsp3) is 0.417. The molecule has 2 bridgehead atoms. The zero-order chi connectivity index (χ0) is 18.9. The Kier molecular flexibility index (Phi) is 3.30. The van der Waals surface area contributed by atoms with Crippen molar-refractivity contribution < 1.29 is 0 Å². The molecule has 1 aliphatic carbocycles. The first-order chi connectivity index (χ1) is 14.3. The van der Waals surface area contributed by atoms with E-state index in [1.807, 2.05) is 12.4 Å². The number of rotatable bonds is 2. The van der Waals surface area contributed by atoms with Gasteiger partial charge in [-0.2, -0.15) is 0 Å². The van der Waals surface area contributed by atoms with Crippen LogP contribution in [0.4, 0.5) is 0 Å². The second-order valence-electron chi connectivity index (χ2n) is 9.07. The van der Waals surface area contributed by atoms with Crippen molar-refractivity contribution in [3.8, 4) is 11.1 Å². The number of pyridine rings is 1. The van der Waals surface area contributed by atoms with E-state index in [1.54, 1.807) is 0 Å². The summed E-state index contributed by atoms with van der Waals surface area (Å²) in [6.45, 7) is 1.11. The number of hydrogen-bond donors (Lipinski definition) is 0. The van der Waals surface area contributed by atoms with Crippen molar-refractivity contribution in [3.63, 3.8) is 0 Å². The van der Waals surface area contributed by atoms with Crippen LogP contribution in [0.15, 0.2) is 48.9 Å². The minimum absolute atomic E-state index is 0.700. The van der Waals surface area contributed by atoms with Crippen LogP contribution in [-0.2, 0) is 13.0 Å². The van der Waals surface area contributed by atoms with Gasteiger partial charge in [0.2, 0.25) is 0 Å². The molecular weight excluding hydrogens is 358 g/mol. The Hall–Kier alpha value is -2.66. The minimum atomic E-state index is 0.700. The van der Waals surface area contributed by atoms with Gasteiger partial charge in [0.25, 0.3) is 0 Å². The molecule has 0 radical (unpaired) electrons. The summed E-state index contributed by atoms with van der Waals surface area (Å²) in [6, 6.07) is 13.3. The lowest BCUT2D eigenvalue weighted by atomic mass is 9.90. The number of hydrogen-bond acceptors (Lipinski definition) is 3. The first-order valence-electron chi connectivity index (χ1n) is 11.0. The highest BCUT2D eigenvalue weighted by atomic mass is 15.3. The maximum absolute atomic E-state index is 5.13. The standard InChI is InChI=1S/C24H25N5/c1-2-18(3-1)29-19-6-7-20(29)15-28-22-8-4-16(12-21(22)26-24(28)13-19)17-5-9-23-25-10-11-27(23)14-17/h4-5,8-12,14,18-20H,1-3,6-7,13,15H2. The average Bonchev–Trinajstić information content (AvgIpc) is 3.36. The highest BCUT2D eigenvalue weighted by Gasteiger charge is 2.42. The molecule has 2 aliphatic heterocycles. The lowest BCUT2D eigenvalue weighted by molar-refractivity contribution is 0.0739. The Morgan fingerprint density at radius 1 is 0.897 bits per heavy atom. The van der Waals surface area contributed by atoms with Gasteiger partial charge in [0.05, 0.1) is 11.0 Å². The molecule has 0 amide bonds. The van der Waals surface area contributed by atoms with Crippen molar-refractivity contribution >= 4 is 16.7 Å². The molecule has 1 aromatic carbocycles. The Morgan fingerprint density at radius 2 is 1.79 bits per heavy atom. The maximum Gasteiger partial charge on any atom is 0.136 e. The van der Waals surface area contributed by atoms with Crippen LogP contribution in [-0.4, -0.2) is 42.0 Å². The van der Waals surface area contributed by atoms with E-state index in [4.69, 9.17) is 4.98 Å².